The predicted octanol–water partition coefficient (Wildman–Crippen LogP) is -0.263. The maximum Gasteiger partial charge on any atom is 0.505 e. The summed E-state index contributed by atoms with van der Waals surface area (Å²) in [7, 11) is 2.72. The molecule has 1 unspecified atom stereocenters. The van der Waals surface area contributed by atoms with Crippen LogP contribution in [0.3, 0.4) is 0 Å². The lowest BCUT2D eigenvalue weighted by Gasteiger charge is -2.11. The van der Waals surface area contributed by atoms with Gasteiger partial charge in [-0.25, -0.2) is 4.79 Å². The van der Waals surface area contributed by atoms with Crippen LogP contribution in [0.5, 0.6) is 0 Å². The van der Waals surface area contributed by atoms with Gasteiger partial charge in [0.25, 0.3) is 0 Å². The first-order valence-corrected chi connectivity index (χ1v) is 6.86. The second-order valence-electron chi connectivity index (χ2n) is 3.93. The molecule has 1 atom stereocenters. The summed E-state index contributed by atoms with van der Waals surface area (Å²) in [5, 5.41) is 25.4. The molecule has 0 aliphatic heterocycles. The molecule has 0 aromatic heterocycles. The van der Waals surface area contributed by atoms with Crippen molar-refractivity contribution in [1.82, 2.24) is 0 Å². The normalized spacial score (nSPS) is 11.5. The molecule has 0 aromatic rings. The Morgan fingerprint density at radius 1 is 0.955 bits per heavy atom. The van der Waals surface area contributed by atoms with Gasteiger partial charge >= 0.3 is 6.16 Å². The molecule has 0 spiro atoms. The molecular weight excluding hydrogens is 300 g/mol. The van der Waals surface area contributed by atoms with Crippen molar-refractivity contribution >= 4 is 6.16 Å². The van der Waals surface area contributed by atoms with Gasteiger partial charge in [-0.2, -0.15) is 0 Å². The Hall–Kier alpha value is -0.970. The molecule has 0 radical (unpaired) electrons. The van der Waals surface area contributed by atoms with Crippen LogP contribution in [0.15, 0.2) is 0 Å². The van der Waals surface area contributed by atoms with Crippen molar-refractivity contribution in [2.45, 2.75) is 12.5 Å². The van der Waals surface area contributed by atoms with Crippen LogP contribution in [-0.2, 0) is 23.7 Å². The zero-order chi connectivity index (χ0) is 17.1. The number of hydrogen-bond donors (Lipinski definition) is 3. The molecule has 22 heavy (non-hydrogen) atoms. The van der Waals surface area contributed by atoms with E-state index in [2.05, 4.69) is 4.74 Å². The topological polar surface area (TPSA) is 124 Å². The Morgan fingerprint density at radius 2 is 1.50 bits per heavy atom. The first-order chi connectivity index (χ1) is 10.6. The average Bonchev–Trinajstić information content (AvgIpc) is 2.51. The molecule has 0 fully saturated rings. The van der Waals surface area contributed by atoms with E-state index >= 15 is 0 Å². The van der Waals surface area contributed by atoms with Crippen LogP contribution >= 0.6 is 0 Å². The van der Waals surface area contributed by atoms with Gasteiger partial charge in [-0.15, -0.1) is 0 Å². The number of methoxy groups -OCH3 is 2. The minimum absolute atomic E-state index is 0.0153. The van der Waals surface area contributed by atoms with E-state index < -0.39 is 12.3 Å². The zero-order valence-corrected chi connectivity index (χ0v) is 13.2. The molecule has 0 bridgehead atoms. The molecule has 0 saturated heterocycles. The zero-order valence-electron chi connectivity index (χ0n) is 13.2. The third-order valence-corrected chi connectivity index (χ3v) is 2.12. The first-order valence-electron chi connectivity index (χ1n) is 6.86. The Bertz CT molecular complexity index is 226. The van der Waals surface area contributed by atoms with Crippen LogP contribution in [-0.4, -0.2) is 94.7 Å². The minimum atomic E-state index is -1.25. The summed E-state index contributed by atoms with van der Waals surface area (Å²) >= 11 is 0. The molecule has 0 aliphatic carbocycles. The van der Waals surface area contributed by atoms with E-state index in [1.165, 1.54) is 0 Å². The molecule has 9 heteroatoms. The van der Waals surface area contributed by atoms with Gasteiger partial charge in [0.1, 0.15) is 0 Å². The van der Waals surface area contributed by atoms with E-state index in [0.29, 0.717) is 46.1 Å². The highest BCUT2D eigenvalue weighted by Gasteiger charge is 2.03. The van der Waals surface area contributed by atoms with Crippen LogP contribution in [0.2, 0.25) is 0 Å². The van der Waals surface area contributed by atoms with Crippen LogP contribution < -0.4 is 0 Å². The highest BCUT2D eigenvalue weighted by atomic mass is 16.6. The number of rotatable bonds is 13. The Balaban J connectivity index is 0. The standard InChI is InChI=1S/C11H24O6.C2H4O3/c1-14-6-7-15-4-2-11(13)10-17-9-8-16-5-3-12;1-5-2(3)4/h11-13H,2-10H2,1H3;1H3,(H,3,4). The second-order valence-corrected chi connectivity index (χ2v) is 3.93. The summed E-state index contributed by atoms with van der Waals surface area (Å²) in [6.07, 6.45) is -1.22. The number of hydrogen-bond acceptors (Lipinski definition) is 8. The second kappa shape index (κ2) is 20.0. The Morgan fingerprint density at radius 3 is 2.05 bits per heavy atom. The Kier molecular flexibility index (Phi) is 21.2. The Labute approximate surface area is 130 Å². The van der Waals surface area contributed by atoms with Crippen molar-refractivity contribution in [2.75, 3.05) is 67.1 Å². The van der Waals surface area contributed by atoms with Gasteiger partial charge in [0.05, 0.1) is 59.5 Å². The quantitative estimate of drug-likeness (QED) is 0.310. The maximum absolute atomic E-state index is 9.49. The molecule has 0 aromatic carbocycles. The van der Waals surface area contributed by atoms with E-state index in [0.717, 1.165) is 7.11 Å². The van der Waals surface area contributed by atoms with E-state index in [9.17, 15) is 5.11 Å². The van der Waals surface area contributed by atoms with Gasteiger partial charge < -0.3 is 39.0 Å². The summed E-state index contributed by atoms with van der Waals surface area (Å²) in [5.74, 6) is 0. The van der Waals surface area contributed by atoms with E-state index in [1.807, 2.05) is 0 Å². The molecule has 3 N–H and O–H groups in total. The van der Waals surface area contributed by atoms with Crippen molar-refractivity contribution in [1.29, 1.82) is 0 Å². The first kappa shape index (κ1) is 23.3. The predicted molar refractivity (Wildman–Crippen MR) is 77.1 cm³/mol. The highest BCUT2D eigenvalue weighted by molar-refractivity contribution is 5.56. The van der Waals surface area contributed by atoms with Gasteiger partial charge in [0.15, 0.2) is 0 Å². The fraction of sp³-hybridized carbons (Fsp3) is 0.923. The van der Waals surface area contributed by atoms with Crippen molar-refractivity contribution in [3.05, 3.63) is 0 Å². The van der Waals surface area contributed by atoms with Gasteiger partial charge in [0, 0.05) is 13.7 Å². The maximum atomic E-state index is 9.49. The lowest BCUT2D eigenvalue weighted by atomic mass is 10.3. The molecular formula is C13H28O9. The summed E-state index contributed by atoms with van der Waals surface area (Å²) in [5.41, 5.74) is 0. The molecule has 0 rings (SSSR count). The van der Waals surface area contributed by atoms with Crippen LogP contribution in [0.25, 0.3) is 0 Å². The summed E-state index contributed by atoms with van der Waals surface area (Å²) in [4.78, 5) is 9.15. The molecule has 0 heterocycles. The lowest BCUT2D eigenvalue weighted by Crippen LogP contribution is -2.20. The van der Waals surface area contributed by atoms with Crippen LogP contribution in [0, 0.1) is 0 Å². The average molecular weight is 328 g/mol. The third-order valence-electron chi connectivity index (χ3n) is 2.12. The highest BCUT2D eigenvalue weighted by Crippen LogP contribution is 1.94. The van der Waals surface area contributed by atoms with Crippen molar-refractivity contribution in [3.63, 3.8) is 0 Å². The lowest BCUT2D eigenvalue weighted by molar-refractivity contribution is -0.0154. The van der Waals surface area contributed by atoms with Gasteiger partial charge in [-0.05, 0) is 6.42 Å². The van der Waals surface area contributed by atoms with Crippen molar-refractivity contribution < 1.29 is 43.8 Å². The van der Waals surface area contributed by atoms with Gasteiger partial charge in [0.2, 0.25) is 0 Å². The van der Waals surface area contributed by atoms with Crippen molar-refractivity contribution in [2.24, 2.45) is 0 Å². The van der Waals surface area contributed by atoms with Crippen LogP contribution in [0.1, 0.15) is 6.42 Å². The monoisotopic (exact) mass is 328 g/mol. The third kappa shape index (κ3) is 24.1. The fourth-order valence-corrected chi connectivity index (χ4v) is 1.05. The van der Waals surface area contributed by atoms with Gasteiger partial charge in [-0.1, -0.05) is 0 Å². The molecule has 9 nitrogen and oxygen atoms in total. The fourth-order valence-electron chi connectivity index (χ4n) is 1.05. The summed E-state index contributed by atoms with van der Waals surface area (Å²) < 4.78 is 23.9. The van der Waals surface area contributed by atoms with E-state index in [1.54, 1.807) is 7.11 Å². The number of carbonyl (C=O) groups is 1. The molecule has 0 aliphatic rings. The SMILES string of the molecule is COC(=O)O.COCCOCCC(O)COCCOCCO. The largest absolute Gasteiger partial charge is 0.505 e. The number of aliphatic hydroxyl groups is 2. The minimum Gasteiger partial charge on any atom is -0.450 e. The number of ether oxygens (including phenoxy) is 5. The van der Waals surface area contributed by atoms with E-state index in [4.69, 9.17) is 34.0 Å². The number of aliphatic hydroxyl groups excluding tert-OH is 2. The van der Waals surface area contributed by atoms with E-state index in [-0.39, 0.29) is 13.2 Å². The van der Waals surface area contributed by atoms with Crippen LogP contribution in [0.4, 0.5) is 4.79 Å². The summed E-state index contributed by atoms with van der Waals surface area (Å²) in [6, 6.07) is 0. The van der Waals surface area contributed by atoms with Gasteiger partial charge in [-0.3, -0.25) is 0 Å². The van der Waals surface area contributed by atoms with Crippen molar-refractivity contribution in [3.8, 4) is 0 Å². The molecule has 134 valence electrons. The number of carboxylic acid groups (broad SMARTS) is 1. The molecule has 0 saturated carbocycles. The smallest absolute Gasteiger partial charge is 0.450 e. The molecule has 0 amide bonds. The summed E-state index contributed by atoms with van der Waals surface area (Å²) in [6.45, 7) is 3.05.